The van der Waals surface area contributed by atoms with Gasteiger partial charge >= 0.3 is 5.97 Å². The number of ether oxygens (including phenoxy) is 2. The number of carbonyl (C=O) groups is 2. The number of anilines is 1. The number of methoxy groups -OCH3 is 1. The summed E-state index contributed by atoms with van der Waals surface area (Å²) in [6.07, 6.45) is 0.436. The van der Waals surface area contributed by atoms with Crippen molar-refractivity contribution in [3.05, 3.63) is 29.8 Å². The number of hydrogen-bond donors (Lipinski definition) is 1. The van der Waals surface area contributed by atoms with E-state index < -0.39 is 0 Å². The van der Waals surface area contributed by atoms with Gasteiger partial charge in [-0.1, -0.05) is 0 Å². The summed E-state index contributed by atoms with van der Waals surface area (Å²) in [5.41, 5.74) is 1.60. The van der Waals surface area contributed by atoms with E-state index in [1.807, 2.05) is 17.0 Å². The van der Waals surface area contributed by atoms with Gasteiger partial charge in [0.25, 0.3) is 0 Å². The Kier molecular flexibility index (Phi) is 5.88. The maximum Gasteiger partial charge on any atom is 0.337 e. The van der Waals surface area contributed by atoms with Crippen LogP contribution in [0.3, 0.4) is 0 Å². The van der Waals surface area contributed by atoms with Gasteiger partial charge in [-0.15, -0.1) is 0 Å². The molecule has 2 aliphatic rings. The predicted molar refractivity (Wildman–Crippen MR) is 93.8 cm³/mol. The molecule has 1 N–H and O–H groups in total. The third kappa shape index (κ3) is 4.49. The van der Waals surface area contributed by atoms with Gasteiger partial charge in [0.15, 0.2) is 0 Å². The van der Waals surface area contributed by atoms with Crippen molar-refractivity contribution in [1.82, 2.24) is 10.2 Å². The number of esters is 1. The molecule has 7 heteroatoms. The minimum Gasteiger partial charge on any atom is -0.465 e. The molecular weight excluding hydrogens is 322 g/mol. The summed E-state index contributed by atoms with van der Waals surface area (Å²) >= 11 is 0. The van der Waals surface area contributed by atoms with Crippen LogP contribution in [0.2, 0.25) is 0 Å². The van der Waals surface area contributed by atoms with Crippen molar-refractivity contribution < 1.29 is 19.1 Å². The number of nitrogens with zero attached hydrogens (tertiary/aromatic N) is 2. The van der Waals surface area contributed by atoms with E-state index in [1.54, 1.807) is 12.1 Å². The van der Waals surface area contributed by atoms with Gasteiger partial charge < -0.3 is 24.6 Å². The van der Waals surface area contributed by atoms with Crippen molar-refractivity contribution in [2.75, 3.05) is 57.9 Å². The van der Waals surface area contributed by atoms with Gasteiger partial charge in [0.2, 0.25) is 5.91 Å². The van der Waals surface area contributed by atoms with E-state index in [0.29, 0.717) is 31.7 Å². The Balaban J connectivity index is 1.49. The third-order valence-corrected chi connectivity index (χ3v) is 4.69. The van der Waals surface area contributed by atoms with Gasteiger partial charge in [-0.2, -0.15) is 0 Å². The lowest BCUT2D eigenvalue weighted by atomic mass is 10.1. The molecular formula is C18H25N3O4. The second kappa shape index (κ2) is 8.31. The number of piperazine rings is 1. The normalized spacial score (nSPS) is 21.1. The quantitative estimate of drug-likeness (QED) is 0.800. The minimum atomic E-state index is -0.332. The monoisotopic (exact) mass is 347 g/mol. The van der Waals surface area contributed by atoms with Gasteiger partial charge in [-0.05, 0) is 24.3 Å². The smallest absolute Gasteiger partial charge is 0.337 e. The van der Waals surface area contributed by atoms with Crippen molar-refractivity contribution in [3.63, 3.8) is 0 Å². The summed E-state index contributed by atoms with van der Waals surface area (Å²) in [4.78, 5) is 28.0. The average Bonchev–Trinajstić information content (AvgIpc) is 2.68. The zero-order valence-electron chi connectivity index (χ0n) is 14.6. The summed E-state index contributed by atoms with van der Waals surface area (Å²) < 4.78 is 10.3. The molecule has 0 radical (unpaired) electrons. The molecule has 1 amide bonds. The highest BCUT2D eigenvalue weighted by molar-refractivity contribution is 5.89. The van der Waals surface area contributed by atoms with Gasteiger partial charge in [-0.3, -0.25) is 4.79 Å². The summed E-state index contributed by atoms with van der Waals surface area (Å²) in [5.74, 6) is -0.171. The van der Waals surface area contributed by atoms with Gasteiger partial charge in [-0.25, -0.2) is 4.79 Å². The minimum absolute atomic E-state index is 0.00912. The highest BCUT2D eigenvalue weighted by Crippen LogP contribution is 2.18. The topological polar surface area (TPSA) is 71.1 Å². The largest absolute Gasteiger partial charge is 0.465 e. The second-order valence-electron chi connectivity index (χ2n) is 6.31. The van der Waals surface area contributed by atoms with Crippen LogP contribution < -0.4 is 10.2 Å². The fourth-order valence-electron chi connectivity index (χ4n) is 3.21. The summed E-state index contributed by atoms with van der Waals surface area (Å²) in [5, 5.41) is 3.25. The van der Waals surface area contributed by atoms with Crippen molar-refractivity contribution in [1.29, 1.82) is 0 Å². The molecule has 1 aromatic rings. The molecule has 0 unspecified atom stereocenters. The molecule has 2 aliphatic heterocycles. The Morgan fingerprint density at radius 3 is 2.52 bits per heavy atom. The van der Waals surface area contributed by atoms with Crippen LogP contribution in [0.1, 0.15) is 16.8 Å². The Morgan fingerprint density at radius 2 is 1.92 bits per heavy atom. The first-order valence-electron chi connectivity index (χ1n) is 8.71. The van der Waals surface area contributed by atoms with E-state index in [1.165, 1.54) is 7.11 Å². The zero-order valence-corrected chi connectivity index (χ0v) is 14.6. The Bertz CT molecular complexity index is 591. The Hall–Kier alpha value is -2.12. The van der Waals surface area contributed by atoms with Crippen molar-refractivity contribution in [2.24, 2.45) is 0 Å². The van der Waals surface area contributed by atoms with Crippen molar-refractivity contribution in [2.45, 2.75) is 12.5 Å². The van der Waals surface area contributed by atoms with E-state index in [0.717, 1.165) is 31.9 Å². The summed E-state index contributed by atoms with van der Waals surface area (Å²) in [7, 11) is 1.38. The first kappa shape index (κ1) is 17.7. The molecule has 2 saturated heterocycles. The van der Waals surface area contributed by atoms with Gasteiger partial charge in [0, 0.05) is 45.0 Å². The standard InChI is InChI=1S/C18H25N3O4/c1-24-18(23)14-2-4-15(5-3-14)20-7-9-21(10-8-20)17(22)12-16-13-19-6-11-25-16/h2-5,16,19H,6-13H2,1H3/t16-/m1/s1. The number of carbonyl (C=O) groups excluding carboxylic acids is 2. The highest BCUT2D eigenvalue weighted by Gasteiger charge is 2.25. The first-order chi connectivity index (χ1) is 12.2. The maximum absolute atomic E-state index is 12.4. The number of benzene rings is 1. The molecule has 7 nitrogen and oxygen atoms in total. The third-order valence-electron chi connectivity index (χ3n) is 4.69. The molecule has 25 heavy (non-hydrogen) atoms. The van der Waals surface area contributed by atoms with Crippen molar-refractivity contribution in [3.8, 4) is 0 Å². The number of morpholine rings is 1. The molecule has 2 fully saturated rings. The van der Waals surface area contributed by atoms with Gasteiger partial charge in [0.1, 0.15) is 0 Å². The number of rotatable bonds is 4. The number of hydrogen-bond acceptors (Lipinski definition) is 6. The van der Waals surface area contributed by atoms with Crippen LogP contribution >= 0.6 is 0 Å². The van der Waals surface area contributed by atoms with Crippen LogP contribution in [-0.4, -0.2) is 75.9 Å². The van der Waals surface area contributed by atoms with Crippen LogP contribution in [0.4, 0.5) is 5.69 Å². The predicted octanol–water partition coefficient (Wildman–Crippen LogP) is 0.500. The van der Waals surface area contributed by atoms with E-state index in [-0.39, 0.29) is 18.0 Å². The van der Waals surface area contributed by atoms with E-state index in [9.17, 15) is 9.59 Å². The number of amides is 1. The van der Waals surface area contributed by atoms with Gasteiger partial charge in [0.05, 0.1) is 31.8 Å². The molecule has 0 aliphatic carbocycles. The highest BCUT2D eigenvalue weighted by atomic mass is 16.5. The lowest BCUT2D eigenvalue weighted by Crippen LogP contribution is -2.50. The molecule has 2 heterocycles. The molecule has 136 valence electrons. The van der Waals surface area contributed by atoms with Crippen LogP contribution in [0, 0.1) is 0 Å². The molecule has 1 aromatic carbocycles. The Morgan fingerprint density at radius 1 is 1.20 bits per heavy atom. The first-order valence-corrected chi connectivity index (χ1v) is 8.71. The molecule has 3 rings (SSSR count). The molecule has 0 aromatic heterocycles. The zero-order chi connectivity index (χ0) is 17.6. The fraction of sp³-hybridized carbons (Fsp3) is 0.556. The summed E-state index contributed by atoms with van der Waals surface area (Å²) in [6, 6.07) is 7.38. The Labute approximate surface area is 147 Å². The van der Waals surface area contributed by atoms with E-state index >= 15 is 0 Å². The van der Waals surface area contributed by atoms with Crippen molar-refractivity contribution >= 4 is 17.6 Å². The summed E-state index contributed by atoms with van der Waals surface area (Å²) in [6.45, 7) is 5.26. The van der Waals surface area contributed by atoms with E-state index in [2.05, 4.69) is 10.2 Å². The SMILES string of the molecule is COC(=O)c1ccc(N2CCN(C(=O)C[C@@H]3CNCCO3)CC2)cc1. The molecule has 0 spiro atoms. The molecule has 0 saturated carbocycles. The van der Waals surface area contributed by atoms with Crippen LogP contribution in [0.5, 0.6) is 0 Å². The average molecular weight is 347 g/mol. The van der Waals surface area contributed by atoms with E-state index in [4.69, 9.17) is 9.47 Å². The molecule has 1 atom stereocenters. The maximum atomic E-state index is 12.4. The van der Waals surface area contributed by atoms with Crippen LogP contribution in [0.25, 0.3) is 0 Å². The number of nitrogens with one attached hydrogen (secondary N) is 1. The lowest BCUT2D eigenvalue weighted by Gasteiger charge is -2.37. The van der Waals surface area contributed by atoms with Crippen LogP contribution in [-0.2, 0) is 14.3 Å². The lowest BCUT2D eigenvalue weighted by molar-refractivity contribution is -0.135. The fourth-order valence-corrected chi connectivity index (χ4v) is 3.21. The second-order valence-corrected chi connectivity index (χ2v) is 6.31. The van der Waals surface area contributed by atoms with Crippen LogP contribution in [0.15, 0.2) is 24.3 Å². The molecule has 0 bridgehead atoms.